The highest BCUT2D eigenvalue weighted by Crippen LogP contribution is 2.30. The monoisotopic (exact) mass is 652 g/mol. The molecule has 1 heterocycles. The number of anilines is 1. The van der Waals surface area contributed by atoms with Gasteiger partial charge >= 0.3 is 0 Å². The van der Waals surface area contributed by atoms with Crippen molar-refractivity contribution < 1.29 is 9.53 Å². The number of nitrogens with zero attached hydrogens (tertiary/aromatic N) is 2. The second-order valence-corrected chi connectivity index (χ2v) is 12.6. The summed E-state index contributed by atoms with van der Waals surface area (Å²) in [7, 11) is 0. The van der Waals surface area contributed by atoms with Gasteiger partial charge in [0.2, 0.25) is 5.91 Å². The molecule has 0 radical (unpaired) electrons. The number of unbranched alkanes of at least 4 members (excludes halogenated alkanes) is 11. The quantitative estimate of drug-likeness (QED) is 0.133. The first-order chi connectivity index (χ1) is 20.4. The van der Waals surface area contributed by atoms with Crippen molar-refractivity contribution in [2.24, 2.45) is 10.4 Å². The number of hydrogen-bond acceptors (Lipinski definition) is 3. The summed E-state index contributed by atoms with van der Waals surface area (Å²) < 4.78 is 6.12. The number of hydrogen-bond donors (Lipinski definition) is 0. The van der Waals surface area contributed by atoms with Crippen LogP contribution in [0, 0.1) is 5.41 Å². The molecule has 0 aliphatic carbocycles. The molecule has 0 aromatic heterocycles. The molecule has 1 aliphatic heterocycles. The molecular weight excluding hydrogens is 596 g/mol. The number of halogens is 1. The smallest absolute Gasteiger partial charge is 0.227 e. The molecule has 1 aliphatic rings. The molecule has 0 N–H and O–H groups in total. The van der Waals surface area contributed by atoms with E-state index in [-0.39, 0.29) is 28.3 Å². The lowest BCUT2D eigenvalue weighted by atomic mass is 9.81. The van der Waals surface area contributed by atoms with Crippen LogP contribution >= 0.6 is 17.0 Å². The Hall–Kier alpha value is -2.40. The van der Waals surface area contributed by atoms with Gasteiger partial charge in [0, 0.05) is 30.3 Å². The molecule has 0 saturated heterocycles. The minimum atomic E-state index is -0.00370. The van der Waals surface area contributed by atoms with Gasteiger partial charge in [-0.25, -0.2) is 0 Å². The van der Waals surface area contributed by atoms with Gasteiger partial charge < -0.3 is 9.64 Å². The van der Waals surface area contributed by atoms with Gasteiger partial charge in [-0.2, -0.15) is 0 Å². The zero-order valence-corrected chi connectivity index (χ0v) is 29.1. The fraction of sp³-hybridized carbons (Fsp3) is 0.579. The molecule has 238 valence electrons. The fourth-order valence-electron chi connectivity index (χ4n) is 6.00. The van der Waals surface area contributed by atoms with Crippen molar-refractivity contribution in [3.8, 4) is 5.75 Å². The lowest BCUT2D eigenvalue weighted by molar-refractivity contribution is -0.118. The number of ether oxygens (including phenoxy) is 1. The summed E-state index contributed by atoms with van der Waals surface area (Å²) in [4.78, 5) is 19.6. The number of carbonyl (C=O) groups is 1. The summed E-state index contributed by atoms with van der Waals surface area (Å²) in [5.41, 5.74) is 4.47. The highest BCUT2D eigenvalue weighted by atomic mass is 79.9. The van der Waals surface area contributed by atoms with Crippen LogP contribution in [-0.2, 0) is 17.8 Å². The van der Waals surface area contributed by atoms with Gasteiger partial charge in [0.05, 0.1) is 13.2 Å². The third kappa shape index (κ3) is 13.8. The van der Waals surface area contributed by atoms with Crippen LogP contribution in [0.3, 0.4) is 0 Å². The van der Waals surface area contributed by atoms with Crippen molar-refractivity contribution >= 4 is 34.8 Å². The van der Waals surface area contributed by atoms with Crippen molar-refractivity contribution in [3.05, 3.63) is 71.3 Å². The number of allylic oxidation sites excluding steroid dienone is 1. The van der Waals surface area contributed by atoms with Crippen molar-refractivity contribution in [2.45, 2.75) is 124 Å². The highest BCUT2D eigenvalue weighted by Gasteiger charge is 2.24. The molecule has 0 fully saturated rings. The second-order valence-electron chi connectivity index (χ2n) is 12.6. The number of carbonyl (C=O) groups excluding carboxylic acids is 1. The van der Waals surface area contributed by atoms with E-state index in [4.69, 9.17) is 4.74 Å². The van der Waals surface area contributed by atoms with E-state index in [1.54, 1.807) is 0 Å². The van der Waals surface area contributed by atoms with Gasteiger partial charge in [-0.3, -0.25) is 9.79 Å². The van der Waals surface area contributed by atoms with Gasteiger partial charge in [-0.15, -0.1) is 17.0 Å². The number of benzene rings is 2. The second kappa shape index (κ2) is 20.5. The standard InChI is InChI=1S/C38H56N2O2.BrH/c1-5-7-8-9-10-11-12-13-14-15-16-17-24-42-36-23-19-21-34(26-36)30-40(37(41)6-2)35-22-18-20-33(25-35)28-38(4)27-32(3)29-39-31-38;/h18-23,25-27,29H,5-17,24,28,30-31H2,1-4H3;1H. The molecule has 0 bridgehead atoms. The van der Waals surface area contributed by atoms with Gasteiger partial charge in [0.1, 0.15) is 5.75 Å². The molecule has 3 rings (SSSR count). The van der Waals surface area contributed by atoms with Crippen molar-refractivity contribution in [1.82, 2.24) is 0 Å². The SMILES string of the molecule is Br.CCCCCCCCCCCCCCOc1cccc(CN(C(=O)CC)c2cccc(CC3(C)C=C(C)C=NC3)c2)c1. The first kappa shape index (κ1) is 36.8. The Kier molecular flexibility index (Phi) is 17.6. The summed E-state index contributed by atoms with van der Waals surface area (Å²) in [5.74, 6) is 1.01. The maximum absolute atomic E-state index is 13.1. The van der Waals surface area contributed by atoms with Crippen molar-refractivity contribution in [2.75, 3.05) is 18.1 Å². The molecule has 2 aromatic carbocycles. The van der Waals surface area contributed by atoms with Crippen LogP contribution in [0.15, 0.2) is 65.2 Å². The number of aliphatic imine (C=N–C) groups is 1. The lowest BCUT2D eigenvalue weighted by Crippen LogP contribution is -2.30. The third-order valence-electron chi connectivity index (χ3n) is 8.26. The minimum absolute atomic E-state index is 0. The van der Waals surface area contributed by atoms with E-state index in [2.05, 4.69) is 62.2 Å². The van der Waals surface area contributed by atoms with Gasteiger partial charge in [-0.05, 0) is 60.7 Å². The first-order valence-corrected chi connectivity index (χ1v) is 16.7. The van der Waals surface area contributed by atoms with E-state index in [0.717, 1.165) is 43.0 Å². The average Bonchev–Trinajstić information content (AvgIpc) is 2.98. The van der Waals surface area contributed by atoms with Crippen LogP contribution in [0.1, 0.15) is 122 Å². The predicted molar refractivity (Wildman–Crippen MR) is 190 cm³/mol. The Balaban J connectivity index is 0.00000645. The molecule has 5 heteroatoms. The van der Waals surface area contributed by atoms with Crippen molar-refractivity contribution in [3.63, 3.8) is 0 Å². The topological polar surface area (TPSA) is 41.9 Å². The van der Waals surface area contributed by atoms with Gasteiger partial charge in [-0.1, -0.05) is 122 Å². The van der Waals surface area contributed by atoms with Crippen LogP contribution in [0.2, 0.25) is 0 Å². The fourth-order valence-corrected chi connectivity index (χ4v) is 6.00. The molecule has 43 heavy (non-hydrogen) atoms. The summed E-state index contributed by atoms with van der Waals surface area (Å²) in [5, 5.41) is 0. The van der Waals surface area contributed by atoms with Crippen LogP contribution in [0.5, 0.6) is 5.75 Å². The molecule has 1 unspecified atom stereocenters. The predicted octanol–water partition coefficient (Wildman–Crippen LogP) is 10.9. The Morgan fingerprint density at radius 1 is 0.860 bits per heavy atom. The van der Waals surface area contributed by atoms with E-state index in [0.29, 0.717) is 13.0 Å². The Morgan fingerprint density at radius 2 is 1.49 bits per heavy atom. The van der Waals surface area contributed by atoms with E-state index < -0.39 is 0 Å². The van der Waals surface area contributed by atoms with Gasteiger partial charge in [0.25, 0.3) is 0 Å². The largest absolute Gasteiger partial charge is 0.494 e. The number of dihydropyridines is 1. The van der Waals surface area contributed by atoms with E-state index in [9.17, 15) is 4.79 Å². The maximum Gasteiger partial charge on any atom is 0.227 e. The maximum atomic E-state index is 13.1. The van der Waals surface area contributed by atoms with Crippen LogP contribution in [-0.4, -0.2) is 25.3 Å². The molecule has 0 saturated carbocycles. The zero-order chi connectivity index (χ0) is 30.0. The normalized spacial score (nSPS) is 16.0. The van der Waals surface area contributed by atoms with E-state index >= 15 is 0 Å². The Morgan fingerprint density at radius 3 is 2.14 bits per heavy atom. The third-order valence-corrected chi connectivity index (χ3v) is 8.26. The molecule has 1 atom stereocenters. The highest BCUT2D eigenvalue weighted by molar-refractivity contribution is 8.93. The van der Waals surface area contributed by atoms with Crippen molar-refractivity contribution in [1.29, 1.82) is 0 Å². The molecule has 1 amide bonds. The van der Waals surface area contributed by atoms with E-state index in [1.165, 1.54) is 81.8 Å². The Labute approximate surface area is 273 Å². The summed E-state index contributed by atoms with van der Waals surface area (Å²) in [6.07, 6.45) is 21.7. The summed E-state index contributed by atoms with van der Waals surface area (Å²) >= 11 is 0. The number of rotatable bonds is 20. The van der Waals surface area contributed by atoms with Crippen LogP contribution in [0.4, 0.5) is 5.69 Å². The zero-order valence-electron chi connectivity index (χ0n) is 27.4. The molecule has 4 nitrogen and oxygen atoms in total. The lowest BCUT2D eigenvalue weighted by Gasteiger charge is -2.28. The number of amides is 1. The Bertz CT molecular complexity index is 1140. The minimum Gasteiger partial charge on any atom is -0.494 e. The average molecular weight is 654 g/mol. The molecule has 2 aromatic rings. The van der Waals surface area contributed by atoms with E-state index in [1.807, 2.05) is 36.2 Å². The van der Waals surface area contributed by atoms with Gasteiger partial charge in [0.15, 0.2) is 0 Å². The first-order valence-electron chi connectivity index (χ1n) is 16.7. The molecule has 0 spiro atoms. The van der Waals surface area contributed by atoms with Crippen LogP contribution < -0.4 is 9.64 Å². The summed E-state index contributed by atoms with van der Waals surface area (Å²) in [6.45, 7) is 10.7. The molecular formula is C38H57BrN2O2. The van der Waals surface area contributed by atoms with Crippen LogP contribution in [0.25, 0.3) is 0 Å². The summed E-state index contributed by atoms with van der Waals surface area (Å²) in [6, 6.07) is 16.7.